The molecule has 1 aliphatic heterocycles. The van der Waals surface area contributed by atoms with Crippen molar-refractivity contribution >= 4 is 27.7 Å². The van der Waals surface area contributed by atoms with Crippen LogP contribution in [0.25, 0.3) is 0 Å². The SMILES string of the molecule is O=C(O)C1CC(=O)N(c2ccc(S(=O)(=O)O)cc2)C1. The molecule has 0 bridgehead atoms. The van der Waals surface area contributed by atoms with Gasteiger partial charge in [0.2, 0.25) is 5.91 Å². The minimum Gasteiger partial charge on any atom is -0.481 e. The largest absolute Gasteiger partial charge is 0.481 e. The average molecular weight is 285 g/mol. The van der Waals surface area contributed by atoms with Crippen LogP contribution in [-0.2, 0) is 19.7 Å². The van der Waals surface area contributed by atoms with Gasteiger partial charge in [0.1, 0.15) is 0 Å². The van der Waals surface area contributed by atoms with Gasteiger partial charge < -0.3 is 10.0 Å². The third-order valence-corrected chi connectivity index (χ3v) is 3.79. The summed E-state index contributed by atoms with van der Waals surface area (Å²) in [6, 6.07) is 5.02. The van der Waals surface area contributed by atoms with Crippen LogP contribution in [0.15, 0.2) is 29.2 Å². The van der Waals surface area contributed by atoms with Crippen molar-refractivity contribution in [3.63, 3.8) is 0 Å². The van der Waals surface area contributed by atoms with E-state index in [0.717, 1.165) is 12.1 Å². The maximum Gasteiger partial charge on any atom is 0.308 e. The van der Waals surface area contributed by atoms with Crippen LogP contribution >= 0.6 is 0 Å². The van der Waals surface area contributed by atoms with Gasteiger partial charge in [0, 0.05) is 18.7 Å². The topological polar surface area (TPSA) is 112 Å². The number of benzene rings is 1. The Bertz CT molecular complexity index is 621. The molecule has 0 spiro atoms. The van der Waals surface area contributed by atoms with Crippen molar-refractivity contribution < 1.29 is 27.7 Å². The van der Waals surface area contributed by atoms with Crippen LogP contribution in [0.4, 0.5) is 5.69 Å². The summed E-state index contributed by atoms with van der Waals surface area (Å²) >= 11 is 0. The van der Waals surface area contributed by atoms with Crippen molar-refractivity contribution in [1.82, 2.24) is 0 Å². The molecule has 0 saturated carbocycles. The lowest BCUT2D eigenvalue weighted by Gasteiger charge is -2.16. The van der Waals surface area contributed by atoms with E-state index in [2.05, 4.69) is 0 Å². The Balaban J connectivity index is 2.24. The van der Waals surface area contributed by atoms with Crippen molar-refractivity contribution in [1.29, 1.82) is 0 Å². The van der Waals surface area contributed by atoms with Crippen LogP contribution in [0.1, 0.15) is 6.42 Å². The molecule has 2 N–H and O–H groups in total. The summed E-state index contributed by atoms with van der Waals surface area (Å²) < 4.78 is 30.6. The molecule has 8 heteroatoms. The average Bonchev–Trinajstić information content (AvgIpc) is 2.70. The lowest BCUT2D eigenvalue weighted by molar-refractivity contribution is -0.141. The first-order valence-corrected chi connectivity index (χ1v) is 6.84. The number of amides is 1. The number of nitrogens with zero attached hydrogens (tertiary/aromatic N) is 1. The second kappa shape index (κ2) is 4.63. The third kappa shape index (κ3) is 2.74. The molecule has 0 aromatic heterocycles. The Morgan fingerprint density at radius 2 is 1.84 bits per heavy atom. The summed E-state index contributed by atoms with van der Waals surface area (Å²) in [4.78, 5) is 23.5. The number of hydrogen-bond donors (Lipinski definition) is 2. The number of carbonyl (C=O) groups is 2. The Morgan fingerprint density at radius 3 is 2.26 bits per heavy atom. The Kier molecular flexibility index (Phi) is 3.29. The highest BCUT2D eigenvalue weighted by Gasteiger charge is 2.35. The number of carbonyl (C=O) groups excluding carboxylic acids is 1. The van der Waals surface area contributed by atoms with Crippen molar-refractivity contribution in [2.24, 2.45) is 5.92 Å². The molecule has 1 heterocycles. The van der Waals surface area contributed by atoms with Crippen LogP contribution in [-0.4, -0.2) is 36.5 Å². The summed E-state index contributed by atoms with van der Waals surface area (Å²) in [7, 11) is -4.28. The minimum atomic E-state index is -4.28. The molecule has 1 aliphatic rings. The van der Waals surface area contributed by atoms with Crippen LogP contribution in [0.5, 0.6) is 0 Å². The molecule has 1 unspecified atom stereocenters. The van der Waals surface area contributed by atoms with E-state index in [4.69, 9.17) is 9.66 Å². The summed E-state index contributed by atoms with van der Waals surface area (Å²) in [6.07, 6.45) is -0.0740. The molecule has 2 rings (SSSR count). The fourth-order valence-corrected chi connectivity index (χ4v) is 2.40. The first-order chi connectivity index (χ1) is 8.79. The van der Waals surface area contributed by atoms with Crippen molar-refractivity contribution in [3.8, 4) is 0 Å². The number of anilines is 1. The first-order valence-electron chi connectivity index (χ1n) is 5.40. The Labute approximate surface area is 109 Å². The van der Waals surface area contributed by atoms with Crippen LogP contribution in [0.3, 0.4) is 0 Å². The maximum absolute atomic E-state index is 11.7. The highest BCUT2D eigenvalue weighted by molar-refractivity contribution is 7.85. The van der Waals surface area contributed by atoms with Crippen molar-refractivity contribution in [3.05, 3.63) is 24.3 Å². The fourth-order valence-electron chi connectivity index (χ4n) is 1.92. The monoisotopic (exact) mass is 285 g/mol. The first kappa shape index (κ1) is 13.5. The van der Waals surface area contributed by atoms with E-state index in [-0.39, 0.29) is 23.8 Å². The number of aliphatic carboxylic acids is 1. The van der Waals surface area contributed by atoms with Gasteiger partial charge >= 0.3 is 5.97 Å². The van der Waals surface area contributed by atoms with Gasteiger partial charge in [0.25, 0.3) is 10.1 Å². The number of carboxylic acids is 1. The summed E-state index contributed by atoms with van der Waals surface area (Å²) in [5, 5.41) is 8.86. The van der Waals surface area contributed by atoms with Crippen LogP contribution < -0.4 is 4.90 Å². The van der Waals surface area contributed by atoms with Gasteiger partial charge in [0.15, 0.2) is 0 Å². The molecule has 1 aromatic rings. The van der Waals surface area contributed by atoms with Gasteiger partial charge in [0.05, 0.1) is 10.8 Å². The van der Waals surface area contributed by atoms with Crippen molar-refractivity contribution in [2.75, 3.05) is 11.4 Å². The van der Waals surface area contributed by atoms with E-state index >= 15 is 0 Å². The summed E-state index contributed by atoms with van der Waals surface area (Å²) in [5.41, 5.74) is 0.404. The molecule has 102 valence electrons. The van der Waals surface area contributed by atoms with Crippen LogP contribution in [0.2, 0.25) is 0 Å². The van der Waals surface area contributed by atoms with E-state index in [1.165, 1.54) is 17.0 Å². The Hall–Kier alpha value is -1.93. The summed E-state index contributed by atoms with van der Waals surface area (Å²) in [6.45, 7) is 0.0549. The molecule has 1 amide bonds. The molecular weight excluding hydrogens is 274 g/mol. The zero-order valence-corrected chi connectivity index (χ0v) is 10.5. The quantitative estimate of drug-likeness (QED) is 0.776. The highest BCUT2D eigenvalue weighted by Crippen LogP contribution is 2.26. The molecule has 1 fully saturated rings. The van der Waals surface area contributed by atoms with E-state index in [1.807, 2.05) is 0 Å². The third-order valence-electron chi connectivity index (χ3n) is 2.92. The van der Waals surface area contributed by atoms with Gasteiger partial charge in [-0.1, -0.05) is 0 Å². The normalized spacial score (nSPS) is 19.7. The van der Waals surface area contributed by atoms with Gasteiger partial charge in [-0.2, -0.15) is 8.42 Å². The van der Waals surface area contributed by atoms with E-state index < -0.39 is 22.0 Å². The van der Waals surface area contributed by atoms with Crippen LogP contribution in [0, 0.1) is 5.92 Å². The molecule has 7 nitrogen and oxygen atoms in total. The predicted octanol–water partition coefficient (Wildman–Crippen LogP) is 0.371. The fraction of sp³-hybridized carbons (Fsp3) is 0.273. The molecule has 1 atom stereocenters. The molecule has 0 aliphatic carbocycles. The lowest BCUT2D eigenvalue weighted by Crippen LogP contribution is -2.25. The smallest absolute Gasteiger partial charge is 0.308 e. The van der Waals surface area contributed by atoms with E-state index in [1.54, 1.807) is 0 Å². The van der Waals surface area contributed by atoms with Gasteiger partial charge in [-0.05, 0) is 24.3 Å². The zero-order chi connectivity index (χ0) is 14.2. The van der Waals surface area contributed by atoms with Gasteiger partial charge in [-0.25, -0.2) is 0 Å². The van der Waals surface area contributed by atoms with E-state index in [9.17, 15) is 18.0 Å². The summed E-state index contributed by atoms with van der Waals surface area (Å²) in [5.74, 6) is -2.12. The second-order valence-electron chi connectivity index (χ2n) is 4.21. The minimum absolute atomic E-state index is 0.0549. The number of hydrogen-bond acceptors (Lipinski definition) is 4. The number of carboxylic acid groups (broad SMARTS) is 1. The second-order valence-corrected chi connectivity index (χ2v) is 5.63. The molecule has 1 aromatic carbocycles. The van der Waals surface area contributed by atoms with Gasteiger partial charge in [-0.15, -0.1) is 0 Å². The predicted molar refractivity (Wildman–Crippen MR) is 64.4 cm³/mol. The highest BCUT2D eigenvalue weighted by atomic mass is 32.2. The molecular formula is C11H11NO6S. The zero-order valence-electron chi connectivity index (χ0n) is 9.68. The standard InChI is InChI=1S/C11H11NO6S/c13-10-5-7(11(14)15)6-12(10)8-1-3-9(4-2-8)19(16,17)18/h1-4,7H,5-6H2,(H,14,15)(H,16,17,18). The molecule has 19 heavy (non-hydrogen) atoms. The molecule has 0 radical (unpaired) electrons. The lowest BCUT2D eigenvalue weighted by atomic mass is 10.1. The molecule has 1 saturated heterocycles. The Morgan fingerprint density at radius 1 is 1.26 bits per heavy atom. The van der Waals surface area contributed by atoms with Gasteiger partial charge in [-0.3, -0.25) is 14.1 Å². The maximum atomic E-state index is 11.7. The van der Waals surface area contributed by atoms with E-state index in [0.29, 0.717) is 5.69 Å². The van der Waals surface area contributed by atoms with Crippen molar-refractivity contribution in [2.45, 2.75) is 11.3 Å². The number of rotatable bonds is 3.